The molecule has 12 rings (SSSR count). The minimum absolute atomic E-state index is 0.708. The van der Waals surface area contributed by atoms with Crippen LogP contribution in [0.3, 0.4) is 0 Å². The van der Waals surface area contributed by atoms with Crippen LogP contribution < -0.4 is 0 Å². The molecule has 0 saturated heterocycles. The first-order valence-electron chi connectivity index (χ1n) is 17.8. The zero-order valence-corrected chi connectivity index (χ0v) is 29.1. The number of para-hydroxylation sites is 3. The molecule has 0 saturated carbocycles. The lowest BCUT2D eigenvalue weighted by Gasteiger charge is -2.15. The van der Waals surface area contributed by atoms with Crippen molar-refractivity contribution >= 4 is 96.9 Å². The number of benzene rings is 8. The third-order valence-electron chi connectivity index (χ3n) is 10.8. The Kier molecular flexibility index (Phi) is 5.90. The molecule has 4 nitrogen and oxygen atoms in total. The van der Waals surface area contributed by atoms with Crippen LogP contribution in [0.15, 0.2) is 168 Å². The number of furan rings is 1. The lowest BCUT2D eigenvalue weighted by atomic mass is 10.0. The van der Waals surface area contributed by atoms with E-state index in [0.29, 0.717) is 5.82 Å². The zero-order chi connectivity index (χ0) is 34.6. The molecule has 53 heavy (non-hydrogen) atoms. The predicted octanol–water partition coefficient (Wildman–Crippen LogP) is 13.5. The molecular weight excluding hydrogens is 667 g/mol. The molecule has 0 spiro atoms. The molecule has 0 aliphatic carbocycles. The average molecular weight is 694 g/mol. The minimum atomic E-state index is 0.708. The highest BCUT2D eigenvalue weighted by Crippen LogP contribution is 2.51. The van der Waals surface area contributed by atoms with Gasteiger partial charge in [-0.1, -0.05) is 127 Å². The van der Waals surface area contributed by atoms with Gasteiger partial charge >= 0.3 is 0 Å². The van der Waals surface area contributed by atoms with Crippen LogP contribution in [-0.2, 0) is 0 Å². The third-order valence-corrected chi connectivity index (χ3v) is 12.0. The van der Waals surface area contributed by atoms with Gasteiger partial charge in [0.05, 0.1) is 27.9 Å². The van der Waals surface area contributed by atoms with Crippen LogP contribution >= 0.6 is 11.3 Å². The normalized spacial score (nSPS) is 12.2. The maximum Gasteiger partial charge on any atom is 0.161 e. The Labute approximate surface area is 306 Å². The summed E-state index contributed by atoms with van der Waals surface area (Å²) in [5.74, 6) is 0.708. The summed E-state index contributed by atoms with van der Waals surface area (Å²) in [5.41, 5.74) is 9.03. The maximum atomic E-state index is 6.95. The van der Waals surface area contributed by atoms with Crippen LogP contribution in [0.1, 0.15) is 0 Å². The standard InChI is InChI=1S/C48H27N3OS/c1-2-14-28(15-3-1)44-32-18-6-10-22-36(32)49-48(50-44)31-26-27-38(30-17-5-4-16-29(30)31)51-37-23-11-7-19-33(37)43-45(51)46-41(34-20-8-12-24-39(34)52-46)42-35-21-9-13-25-40(35)53-47(42)43/h1-27H. The van der Waals surface area contributed by atoms with Gasteiger partial charge in [-0.3, -0.25) is 0 Å². The fraction of sp³-hybridized carbons (Fsp3) is 0. The Morgan fingerprint density at radius 1 is 0.491 bits per heavy atom. The van der Waals surface area contributed by atoms with Crippen molar-refractivity contribution < 1.29 is 4.42 Å². The van der Waals surface area contributed by atoms with Gasteiger partial charge in [0, 0.05) is 63.6 Å². The van der Waals surface area contributed by atoms with Gasteiger partial charge in [-0.2, -0.15) is 0 Å². The second-order valence-corrected chi connectivity index (χ2v) is 14.7. The first-order valence-corrected chi connectivity index (χ1v) is 18.7. The van der Waals surface area contributed by atoms with Crippen molar-refractivity contribution in [2.45, 2.75) is 0 Å². The van der Waals surface area contributed by atoms with Gasteiger partial charge in [0.15, 0.2) is 11.4 Å². The molecular formula is C48H27N3OS. The van der Waals surface area contributed by atoms with Crippen LogP contribution in [0.25, 0.3) is 114 Å². The van der Waals surface area contributed by atoms with E-state index in [1.165, 1.54) is 36.3 Å². The van der Waals surface area contributed by atoms with Gasteiger partial charge in [0.2, 0.25) is 0 Å². The van der Waals surface area contributed by atoms with E-state index >= 15 is 0 Å². The van der Waals surface area contributed by atoms with E-state index in [-0.39, 0.29) is 0 Å². The Morgan fingerprint density at radius 3 is 2.04 bits per heavy atom. The molecule has 8 aromatic carbocycles. The largest absolute Gasteiger partial charge is 0.454 e. The number of rotatable bonds is 3. The van der Waals surface area contributed by atoms with Crippen LogP contribution in [0.4, 0.5) is 0 Å². The van der Waals surface area contributed by atoms with Crippen molar-refractivity contribution in [3.63, 3.8) is 0 Å². The topological polar surface area (TPSA) is 43.9 Å². The van der Waals surface area contributed by atoms with Gasteiger partial charge < -0.3 is 8.98 Å². The average Bonchev–Trinajstić information content (AvgIpc) is 3.90. The fourth-order valence-electron chi connectivity index (χ4n) is 8.55. The SMILES string of the molecule is c1ccc(-c2nc(-c3ccc(-n4c5ccccc5c5c6sc7ccccc7c6c6c7ccccc7oc6c54)c4ccccc34)nc3ccccc23)cc1. The van der Waals surface area contributed by atoms with Crippen LogP contribution in [0.2, 0.25) is 0 Å². The fourth-order valence-corrected chi connectivity index (χ4v) is 9.82. The zero-order valence-electron chi connectivity index (χ0n) is 28.2. The Bertz CT molecular complexity index is 3460. The Balaban J connectivity index is 1.22. The maximum absolute atomic E-state index is 6.95. The summed E-state index contributed by atoms with van der Waals surface area (Å²) in [5, 5.41) is 10.5. The monoisotopic (exact) mass is 693 g/mol. The summed E-state index contributed by atoms with van der Waals surface area (Å²) in [6, 6.07) is 57.8. The van der Waals surface area contributed by atoms with E-state index < -0.39 is 0 Å². The summed E-state index contributed by atoms with van der Waals surface area (Å²) in [7, 11) is 0. The van der Waals surface area contributed by atoms with Gasteiger partial charge in [-0.05, 0) is 41.8 Å². The minimum Gasteiger partial charge on any atom is -0.454 e. The van der Waals surface area contributed by atoms with E-state index in [0.717, 1.165) is 71.8 Å². The van der Waals surface area contributed by atoms with Crippen LogP contribution in [0.5, 0.6) is 0 Å². The van der Waals surface area contributed by atoms with Gasteiger partial charge in [-0.15, -0.1) is 11.3 Å². The smallest absolute Gasteiger partial charge is 0.161 e. The molecule has 0 amide bonds. The van der Waals surface area contributed by atoms with E-state index in [1.807, 2.05) is 23.5 Å². The van der Waals surface area contributed by atoms with Crippen molar-refractivity contribution in [3.05, 3.63) is 164 Å². The molecule has 4 heterocycles. The quantitative estimate of drug-likeness (QED) is 0.185. The number of nitrogens with zero attached hydrogens (tertiary/aromatic N) is 3. The number of thiophene rings is 1. The molecule has 12 aromatic rings. The van der Waals surface area contributed by atoms with Crippen molar-refractivity contribution in [1.29, 1.82) is 0 Å². The van der Waals surface area contributed by atoms with E-state index in [9.17, 15) is 0 Å². The van der Waals surface area contributed by atoms with Crippen LogP contribution in [0, 0.1) is 0 Å². The highest BCUT2D eigenvalue weighted by Gasteiger charge is 2.26. The lowest BCUT2D eigenvalue weighted by molar-refractivity contribution is 0.671. The van der Waals surface area contributed by atoms with Crippen LogP contribution in [-0.4, -0.2) is 14.5 Å². The molecule has 4 aromatic heterocycles. The molecule has 0 aliphatic rings. The van der Waals surface area contributed by atoms with E-state index in [1.54, 1.807) is 0 Å². The van der Waals surface area contributed by atoms with E-state index in [2.05, 4.69) is 156 Å². The number of aromatic nitrogens is 3. The highest BCUT2D eigenvalue weighted by atomic mass is 32.1. The summed E-state index contributed by atoms with van der Waals surface area (Å²) in [6.45, 7) is 0. The first-order chi connectivity index (χ1) is 26.3. The predicted molar refractivity (Wildman–Crippen MR) is 222 cm³/mol. The van der Waals surface area contributed by atoms with Gasteiger partial charge in [-0.25, -0.2) is 9.97 Å². The molecule has 0 N–H and O–H groups in total. The van der Waals surface area contributed by atoms with Crippen molar-refractivity contribution in [3.8, 4) is 28.3 Å². The van der Waals surface area contributed by atoms with E-state index in [4.69, 9.17) is 14.4 Å². The number of hydrogen-bond acceptors (Lipinski definition) is 4. The molecule has 246 valence electrons. The summed E-state index contributed by atoms with van der Waals surface area (Å²) < 4.78 is 11.9. The molecule has 0 aliphatic heterocycles. The summed E-state index contributed by atoms with van der Waals surface area (Å²) in [6.07, 6.45) is 0. The van der Waals surface area contributed by atoms with Crippen molar-refractivity contribution in [1.82, 2.24) is 14.5 Å². The molecule has 0 radical (unpaired) electrons. The molecule has 0 fully saturated rings. The Hall–Kier alpha value is -6.82. The van der Waals surface area contributed by atoms with Crippen molar-refractivity contribution in [2.75, 3.05) is 0 Å². The lowest BCUT2D eigenvalue weighted by Crippen LogP contribution is -1.99. The molecule has 0 unspecified atom stereocenters. The second-order valence-electron chi connectivity index (χ2n) is 13.6. The molecule has 5 heteroatoms. The third kappa shape index (κ3) is 4.00. The summed E-state index contributed by atoms with van der Waals surface area (Å²) >= 11 is 1.87. The number of hydrogen-bond donors (Lipinski definition) is 0. The number of fused-ring (bicyclic) bond motifs is 14. The van der Waals surface area contributed by atoms with Gasteiger partial charge in [0.25, 0.3) is 0 Å². The molecule has 0 bridgehead atoms. The highest BCUT2D eigenvalue weighted by molar-refractivity contribution is 7.27. The Morgan fingerprint density at radius 2 is 1.17 bits per heavy atom. The second kappa shape index (κ2) is 10.8. The van der Waals surface area contributed by atoms with Crippen molar-refractivity contribution in [2.24, 2.45) is 0 Å². The molecule has 0 atom stereocenters. The summed E-state index contributed by atoms with van der Waals surface area (Å²) in [4.78, 5) is 10.4. The first kappa shape index (κ1) is 28.8. The van der Waals surface area contributed by atoms with Gasteiger partial charge in [0.1, 0.15) is 5.58 Å².